The second kappa shape index (κ2) is 8.78. The number of nitro benzene ring substituents is 1. The summed E-state index contributed by atoms with van der Waals surface area (Å²) in [7, 11) is 1.51. The Labute approximate surface area is 123 Å². The van der Waals surface area contributed by atoms with Crippen LogP contribution in [-0.4, -0.2) is 29.7 Å². The van der Waals surface area contributed by atoms with E-state index in [-0.39, 0.29) is 12.1 Å². The van der Waals surface area contributed by atoms with Crippen molar-refractivity contribution in [2.45, 2.75) is 32.1 Å². The summed E-state index contributed by atoms with van der Waals surface area (Å²) in [6, 6.07) is 4.56. The van der Waals surface area contributed by atoms with Crippen LogP contribution in [0.25, 0.3) is 0 Å². The average Bonchev–Trinajstić information content (AvgIpc) is 2.45. The van der Waals surface area contributed by atoms with E-state index in [1.165, 1.54) is 13.2 Å². The first-order valence-electron chi connectivity index (χ1n) is 6.82. The lowest BCUT2D eigenvalue weighted by Crippen LogP contribution is -2.04. The lowest BCUT2D eigenvalue weighted by atomic mass is 10.1. The van der Waals surface area contributed by atoms with Crippen LogP contribution in [0.5, 0.6) is 5.75 Å². The van der Waals surface area contributed by atoms with Crippen molar-refractivity contribution in [2.75, 3.05) is 19.0 Å². The molecular weight excluding hydrogens is 276 g/mol. The third kappa shape index (κ3) is 6.11. The molecule has 0 saturated heterocycles. The number of aliphatic carboxylic acids is 1. The highest BCUT2D eigenvalue weighted by Crippen LogP contribution is 2.28. The van der Waals surface area contributed by atoms with Gasteiger partial charge in [-0.15, -0.1) is 0 Å². The molecule has 7 nitrogen and oxygen atoms in total. The van der Waals surface area contributed by atoms with E-state index in [0.29, 0.717) is 24.4 Å². The number of unbranched alkanes of at least 4 members (excludes halogenated alkanes) is 3. The van der Waals surface area contributed by atoms with Crippen LogP contribution in [0.3, 0.4) is 0 Å². The second-order valence-corrected chi connectivity index (χ2v) is 4.62. The van der Waals surface area contributed by atoms with E-state index in [2.05, 4.69) is 5.32 Å². The molecule has 0 aliphatic rings. The normalized spacial score (nSPS) is 10.1. The SMILES string of the molecule is COc1ccc([N+](=O)[O-])c(NCCCCCCC(=O)O)c1. The number of methoxy groups -OCH3 is 1. The van der Waals surface area contributed by atoms with Crippen molar-refractivity contribution in [3.8, 4) is 5.75 Å². The molecule has 0 amide bonds. The molecule has 0 bridgehead atoms. The number of ether oxygens (including phenoxy) is 1. The molecule has 2 N–H and O–H groups in total. The van der Waals surface area contributed by atoms with Crippen LogP contribution in [0.15, 0.2) is 18.2 Å². The number of nitrogens with one attached hydrogen (secondary N) is 1. The van der Waals surface area contributed by atoms with Crippen LogP contribution in [0.1, 0.15) is 32.1 Å². The maximum atomic E-state index is 10.9. The summed E-state index contributed by atoms with van der Waals surface area (Å²) in [5.74, 6) is -0.218. The molecule has 116 valence electrons. The zero-order valence-electron chi connectivity index (χ0n) is 12.0. The van der Waals surface area contributed by atoms with E-state index >= 15 is 0 Å². The molecule has 21 heavy (non-hydrogen) atoms. The minimum atomic E-state index is -0.778. The highest BCUT2D eigenvalue weighted by atomic mass is 16.6. The molecule has 7 heteroatoms. The average molecular weight is 296 g/mol. The van der Waals surface area contributed by atoms with Gasteiger partial charge in [0, 0.05) is 25.1 Å². The topological polar surface area (TPSA) is 102 Å². The van der Waals surface area contributed by atoms with Crippen molar-refractivity contribution in [2.24, 2.45) is 0 Å². The van der Waals surface area contributed by atoms with Crippen molar-refractivity contribution < 1.29 is 19.6 Å². The molecule has 0 saturated carbocycles. The Bertz CT molecular complexity index is 490. The predicted octanol–water partition coefficient (Wildman–Crippen LogP) is 3.05. The quantitative estimate of drug-likeness (QED) is 0.391. The van der Waals surface area contributed by atoms with E-state index in [1.807, 2.05) is 0 Å². The molecule has 0 aliphatic carbocycles. The lowest BCUT2D eigenvalue weighted by Gasteiger charge is -2.08. The largest absolute Gasteiger partial charge is 0.497 e. The van der Waals surface area contributed by atoms with Crippen LogP contribution in [-0.2, 0) is 4.79 Å². The lowest BCUT2D eigenvalue weighted by molar-refractivity contribution is -0.384. The highest BCUT2D eigenvalue weighted by molar-refractivity contribution is 5.66. The van der Waals surface area contributed by atoms with Gasteiger partial charge in [0.15, 0.2) is 0 Å². The third-order valence-corrected chi connectivity index (χ3v) is 3.03. The highest BCUT2D eigenvalue weighted by Gasteiger charge is 2.13. The van der Waals surface area contributed by atoms with Gasteiger partial charge in [-0.25, -0.2) is 0 Å². The monoisotopic (exact) mass is 296 g/mol. The summed E-state index contributed by atoms with van der Waals surface area (Å²) < 4.78 is 5.05. The number of carbonyl (C=O) groups is 1. The molecule has 1 aromatic rings. The second-order valence-electron chi connectivity index (χ2n) is 4.62. The minimum absolute atomic E-state index is 0.0154. The van der Waals surface area contributed by atoms with Gasteiger partial charge >= 0.3 is 5.97 Å². The van der Waals surface area contributed by atoms with E-state index in [1.54, 1.807) is 12.1 Å². The first kappa shape index (κ1) is 16.7. The Morgan fingerprint density at radius 1 is 1.33 bits per heavy atom. The number of nitro groups is 1. The molecule has 0 atom stereocenters. The Morgan fingerprint density at radius 2 is 2.05 bits per heavy atom. The van der Waals surface area contributed by atoms with Crippen molar-refractivity contribution in [1.29, 1.82) is 0 Å². The Hall–Kier alpha value is -2.31. The Balaban J connectivity index is 2.40. The third-order valence-electron chi connectivity index (χ3n) is 3.03. The fourth-order valence-corrected chi connectivity index (χ4v) is 1.92. The van der Waals surface area contributed by atoms with Gasteiger partial charge in [-0.3, -0.25) is 14.9 Å². The summed E-state index contributed by atoms with van der Waals surface area (Å²) in [5, 5.41) is 22.5. The van der Waals surface area contributed by atoms with Crippen molar-refractivity contribution >= 4 is 17.3 Å². The number of hydrogen-bond acceptors (Lipinski definition) is 5. The first-order chi connectivity index (χ1) is 10.0. The number of carboxylic acids is 1. The Morgan fingerprint density at radius 3 is 2.67 bits per heavy atom. The van der Waals surface area contributed by atoms with Crippen LogP contribution in [0.4, 0.5) is 11.4 Å². The van der Waals surface area contributed by atoms with Gasteiger partial charge in [-0.05, 0) is 18.9 Å². The summed E-state index contributed by atoms with van der Waals surface area (Å²) in [6.07, 6.45) is 3.41. The molecule has 0 aromatic heterocycles. The van der Waals surface area contributed by atoms with Crippen molar-refractivity contribution in [1.82, 2.24) is 0 Å². The van der Waals surface area contributed by atoms with E-state index in [4.69, 9.17) is 9.84 Å². The number of carboxylic acid groups (broad SMARTS) is 1. The van der Waals surface area contributed by atoms with E-state index in [0.717, 1.165) is 19.3 Å². The molecule has 1 aromatic carbocycles. The fraction of sp³-hybridized carbons (Fsp3) is 0.500. The predicted molar refractivity (Wildman–Crippen MR) is 78.9 cm³/mol. The fourth-order valence-electron chi connectivity index (χ4n) is 1.92. The van der Waals surface area contributed by atoms with Gasteiger partial charge in [-0.2, -0.15) is 0 Å². The number of anilines is 1. The van der Waals surface area contributed by atoms with Gasteiger partial charge in [0.1, 0.15) is 11.4 Å². The number of rotatable bonds is 10. The van der Waals surface area contributed by atoms with Gasteiger partial charge in [0.2, 0.25) is 0 Å². The smallest absolute Gasteiger partial charge is 0.303 e. The van der Waals surface area contributed by atoms with Gasteiger partial charge in [-0.1, -0.05) is 12.8 Å². The molecule has 0 heterocycles. The maximum Gasteiger partial charge on any atom is 0.303 e. The molecule has 0 aliphatic heterocycles. The first-order valence-corrected chi connectivity index (χ1v) is 6.82. The van der Waals surface area contributed by atoms with E-state index in [9.17, 15) is 14.9 Å². The molecule has 0 fully saturated rings. The summed E-state index contributed by atoms with van der Waals surface area (Å²) in [4.78, 5) is 20.8. The molecule has 0 spiro atoms. The maximum absolute atomic E-state index is 10.9. The summed E-state index contributed by atoms with van der Waals surface area (Å²) >= 11 is 0. The molecule has 1 rings (SSSR count). The molecule has 0 radical (unpaired) electrons. The molecule has 0 unspecified atom stereocenters. The van der Waals surface area contributed by atoms with Gasteiger partial charge in [0.25, 0.3) is 5.69 Å². The summed E-state index contributed by atoms with van der Waals surface area (Å²) in [6.45, 7) is 0.598. The van der Waals surface area contributed by atoms with Crippen molar-refractivity contribution in [3.05, 3.63) is 28.3 Å². The van der Waals surface area contributed by atoms with Gasteiger partial charge < -0.3 is 15.2 Å². The number of benzene rings is 1. The van der Waals surface area contributed by atoms with Crippen LogP contribution in [0, 0.1) is 10.1 Å². The molecular formula is C14H20N2O5. The van der Waals surface area contributed by atoms with Crippen molar-refractivity contribution in [3.63, 3.8) is 0 Å². The van der Waals surface area contributed by atoms with Gasteiger partial charge in [0.05, 0.1) is 12.0 Å². The standard InChI is InChI=1S/C14H20N2O5/c1-21-11-7-8-13(16(19)20)12(10-11)15-9-5-3-2-4-6-14(17)18/h7-8,10,15H,2-6,9H2,1H3,(H,17,18). The van der Waals surface area contributed by atoms with Crippen LogP contribution in [0.2, 0.25) is 0 Å². The number of nitrogens with zero attached hydrogens (tertiary/aromatic N) is 1. The van der Waals surface area contributed by atoms with Crippen LogP contribution >= 0.6 is 0 Å². The Kier molecular flexibility index (Phi) is 7.00. The minimum Gasteiger partial charge on any atom is -0.497 e. The van der Waals surface area contributed by atoms with E-state index < -0.39 is 10.9 Å². The zero-order chi connectivity index (χ0) is 15.7. The zero-order valence-corrected chi connectivity index (χ0v) is 12.0. The number of hydrogen-bond donors (Lipinski definition) is 2. The van der Waals surface area contributed by atoms with Crippen LogP contribution < -0.4 is 10.1 Å². The summed E-state index contributed by atoms with van der Waals surface area (Å²) in [5.41, 5.74) is 0.451.